The molecule has 0 aromatic carbocycles. The molecule has 2 atom stereocenters. The van der Waals surface area contributed by atoms with E-state index in [-0.39, 0.29) is 29.3 Å². The maximum absolute atomic E-state index is 12.1. The Labute approximate surface area is 113 Å². The number of carbonyl (C=O) groups is 1. The minimum atomic E-state index is -0.255. The first kappa shape index (κ1) is 14.1. The smallest absolute Gasteiger partial charge is 0.223 e. The highest BCUT2D eigenvalue weighted by molar-refractivity contribution is 5.84. The van der Waals surface area contributed by atoms with Crippen molar-refractivity contribution in [2.24, 2.45) is 16.8 Å². The first-order valence-corrected chi connectivity index (χ1v) is 6.92. The van der Waals surface area contributed by atoms with E-state index in [1.54, 1.807) is 7.11 Å². The van der Waals surface area contributed by atoms with Gasteiger partial charge in [0.15, 0.2) is 0 Å². The first-order chi connectivity index (χ1) is 9.10. The Hall–Kier alpha value is -1.30. The summed E-state index contributed by atoms with van der Waals surface area (Å²) in [4.78, 5) is 12.1. The van der Waals surface area contributed by atoms with Gasteiger partial charge in [-0.3, -0.25) is 4.79 Å². The summed E-state index contributed by atoms with van der Waals surface area (Å²) in [5.74, 6) is 0.172. The van der Waals surface area contributed by atoms with Crippen LogP contribution in [0.3, 0.4) is 0 Å². The molecule has 6 nitrogen and oxygen atoms in total. The maximum atomic E-state index is 12.1. The number of oxime groups is 1. The second-order valence-corrected chi connectivity index (χ2v) is 5.65. The molecule has 2 aliphatic rings. The van der Waals surface area contributed by atoms with E-state index in [9.17, 15) is 4.79 Å². The van der Waals surface area contributed by atoms with Crippen molar-refractivity contribution in [3.8, 4) is 0 Å². The zero-order chi connectivity index (χ0) is 13.9. The van der Waals surface area contributed by atoms with Crippen LogP contribution in [0.25, 0.3) is 0 Å². The molecule has 2 saturated carbocycles. The molecule has 2 aliphatic carbocycles. The van der Waals surface area contributed by atoms with Crippen LogP contribution in [0.15, 0.2) is 5.16 Å². The number of hydrogen-bond acceptors (Lipinski definition) is 4. The Morgan fingerprint density at radius 1 is 1.47 bits per heavy atom. The van der Waals surface area contributed by atoms with E-state index in [0.717, 1.165) is 38.5 Å². The van der Waals surface area contributed by atoms with Crippen LogP contribution in [0.2, 0.25) is 0 Å². The van der Waals surface area contributed by atoms with E-state index in [1.165, 1.54) is 0 Å². The normalized spacial score (nSPS) is 29.8. The average Bonchev–Trinajstić information content (AvgIpc) is 2.81. The van der Waals surface area contributed by atoms with Crippen molar-refractivity contribution in [1.82, 2.24) is 5.32 Å². The minimum absolute atomic E-state index is 0.00388. The van der Waals surface area contributed by atoms with Gasteiger partial charge < -0.3 is 21.0 Å². The molecule has 2 unspecified atom stereocenters. The van der Waals surface area contributed by atoms with E-state index in [2.05, 4.69) is 10.5 Å². The number of amidine groups is 1. The van der Waals surface area contributed by atoms with Gasteiger partial charge in [0.1, 0.15) is 5.84 Å². The Bertz CT molecular complexity index is 361. The van der Waals surface area contributed by atoms with Crippen molar-refractivity contribution in [3.63, 3.8) is 0 Å². The Morgan fingerprint density at radius 2 is 2.21 bits per heavy atom. The molecule has 0 radical (unpaired) electrons. The molecule has 2 rings (SSSR count). The van der Waals surface area contributed by atoms with Crippen molar-refractivity contribution in [3.05, 3.63) is 0 Å². The second kappa shape index (κ2) is 5.77. The van der Waals surface area contributed by atoms with Gasteiger partial charge >= 0.3 is 0 Å². The molecule has 0 heterocycles. The number of carbonyl (C=O) groups excluding carboxylic acids is 1. The number of nitrogens with one attached hydrogen (secondary N) is 1. The van der Waals surface area contributed by atoms with Crippen LogP contribution in [0, 0.1) is 5.92 Å². The zero-order valence-corrected chi connectivity index (χ0v) is 11.4. The number of nitrogens with two attached hydrogens (primary N) is 1. The van der Waals surface area contributed by atoms with Crippen LogP contribution < -0.4 is 11.1 Å². The van der Waals surface area contributed by atoms with E-state index in [4.69, 9.17) is 15.7 Å². The highest BCUT2D eigenvalue weighted by Crippen LogP contribution is 2.38. The third-order valence-corrected chi connectivity index (χ3v) is 4.54. The molecule has 19 heavy (non-hydrogen) atoms. The minimum Gasteiger partial charge on any atom is -0.409 e. The molecule has 0 aromatic rings. The fourth-order valence-corrected chi connectivity index (χ4v) is 3.14. The lowest BCUT2D eigenvalue weighted by Crippen LogP contribution is -2.48. The fraction of sp³-hybridized carbons (Fsp3) is 0.846. The average molecular weight is 269 g/mol. The number of methoxy groups -OCH3 is 1. The summed E-state index contributed by atoms with van der Waals surface area (Å²) in [5.41, 5.74) is 5.40. The van der Waals surface area contributed by atoms with E-state index in [0.29, 0.717) is 6.42 Å². The molecule has 0 saturated heterocycles. The first-order valence-electron chi connectivity index (χ1n) is 6.92. The van der Waals surface area contributed by atoms with Crippen molar-refractivity contribution >= 4 is 11.7 Å². The molecule has 0 aromatic heterocycles. The predicted octanol–water partition coefficient (Wildman–Crippen LogP) is 0.977. The summed E-state index contributed by atoms with van der Waals surface area (Å²) < 4.78 is 5.46. The SMILES string of the molecule is COC1(CC(=O)NC2CCCC2C(N)=NO)CCC1. The van der Waals surface area contributed by atoms with Gasteiger partial charge in [-0.1, -0.05) is 11.6 Å². The van der Waals surface area contributed by atoms with Gasteiger partial charge in [0.05, 0.1) is 12.0 Å². The van der Waals surface area contributed by atoms with Crippen LogP contribution >= 0.6 is 0 Å². The van der Waals surface area contributed by atoms with Crippen LogP contribution in [-0.4, -0.2) is 35.7 Å². The van der Waals surface area contributed by atoms with Gasteiger partial charge in [0.25, 0.3) is 0 Å². The van der Waals surface area contributed by atoms with Crippen LogP contribution in [0.1, 0.15) is 44.9 Å². The molecule has 0 spiro atoms. The quantitative estimate of drug-likeness (QED) is 0.300. The number of ether oxygens (including phenoxy) is 1. The van der Waals surface area contributed by atoms with E-state index < -0.39 is 0 Å². The summed E-state index contributed by atoms with van der Waals surface area (Å²) in [6.45, 7) is 0. The topological polar surface area (TPSA) is 96.9 Å². The zero-order valence-electron chi connectivity index (χ0n) is 11.4. The number of nitrogens with zero attached hydrogens (tertiary/aromatic N) is 1. The number of amides is 1. The monoisotopic (exact) mass is 269 g/mol. The van der Waals surface area contributed by atoms with Gasteiger partial charge in [-0.15, -0.1) is 0 Å². The Kier molecular flexibility index (Phi) is 4.29. The molecule has 4 N–H and O–H groups in total. The van der Waals surface area contributed by atoms with Gasteiger partial charge in [0, 0.05) is 19.1 Å². The molecule has 2 fully saturated rings. The van der Waals surface area contributed by atoms with Gasteiger partial charge in [-0.2, -0.15) is 0 Å². The molecule has 1 amide bonds. The summed E-state index contributed by atoms with van der Waals surface area (Å²) >= 11 is 0. The van der Waals surface area contributed by atoms with Crippen molar-refractivity contribution in [2.75, 3.05) is 7.11 Å². The van der Waals surface area contributed by atoms with Crippen LogP contribution in [-0.2, 0) is 9.53 Å². The highest BCUT2D eigenvalue weighted by atomic mass is 16.5. The maximum Gasteiger partial charge on any atom is 0.223 e. The molecule has 108 valence electrons. The number of rotatable bonds is 5. The second-order valence-electron chi connectivity index (χ2n) is 5.65. The van der Waals surface area contributed by atoms with Gasteiger partial charge in [-0.05, 0) is 32.1 Å². The highest BCUT2D eigenvalue weighted by Gasteiger charge is 2.40. The molecule has 6 heteroatoms. The lowest BCUT2D eigenvalue weighted by Gasteiger charge is -2.40. The summed E-state index contributed by atoms with van der Waals surface area (Å²) in [5, 5.41) is 14.8. The van der Waals surface area contributed by atoms with Gasteiger partial charge in [-0.25, -0.2) is 0 Å². The van der Waals surface area contributed by atoms with Crippen molar-refractivity contribution in [2.45, 2.75) is 56.6 Å². The standard InChI is InChI=1S/C13H23N3O3/c1-19-13(6-3-7-13)8-11(17)15-10-5-2-4-9(10)12(14)16-18/h9-10,18H,2-8H2,1H3,(H2,14,16)(H,15,17). The predicted molar refractivity (Wildman–Crippen MR) is 70.9 cm³/mol. The van der Waals surface area contributed by atoms with Crippen LogP contribution in [0.5, 0.6) is 0 Å². The third-order valence-electron chi connectivity index (χ3n) is 4.54. The largest absolute Gasteiger partial charge is 0.409 e. The summed E-state index contributed by atoms with van der Waals surface area (Å²) in [6.07, 6.45) is 6.15. The summed E-state index contributed by atoms with van der Waals surface area (Å²) in [6, 6.07) is -0.0163. The van der Waals surface area contributed by atoms with E-state index >= 15 is 0 Å². The molecular formula is C13H23N3O3. The molecule has 0 aliphatic heterocycles. The fourth-order valence-electron chi connectivity index (χ4n) is 3.14. The Balaban J connectivity index is 1.88. The lowest BCUT2D eigenvalue weighted by atomic mass is 9.77. The number of hydrogen-bond donors (Lipinski definition) is 3. The van der Waals surface area contributed by atoms with Crippen LogP contribution in [0.4, 0.5) is 0 Å². The molecular weight excluding hydrogens is 246 g/mol. The third kappa shape index (κ3) is 3.00. The Morgan fingerprint density at radius 3 is 2.74 bits per heavy atom. The molecule has 0 bridgehead atoms. The lowest BCUT2D eigenvalue weighted by molar-refractivity contribution is -0.135. The van der Waals surface area contributed by atoms with Crippen molar-refractivity contribution < 1.29 is 14.7 Å². The van der Waals surface area contributed by atoms with Gasteiger partial charge in [0.2, 0.25) is 5.91 Å². The summed E-state index contributed by atoms with van der Waals surface area (Å²) in [7, 11) is 1.67. The van der Waals surface area contributed by atoms with Crippen molar-refractivity contribution in [1.29, 1.82) is 0 Å². The van der Waals surface area contributed by atoms with E-state index in [1.807, 2.05) is 0 Å².